The summed E-state index contributed by atoms with van der Waals surface area (Å²) < 4.78 is 0. The van der Waals surface area contributed by atoms with Crippen molar-refractivity contribution in [2.45, 2.75) is 25.8 Å². The Kier molecular flexibility index (Phi) is 3.87. The smallest absolute Gasteiger partial charge is 0.0312 e. The first-order valence-electron chi connectivity index (χ1n) is 5.92. The number of nitrogens with zero attached hydrogens (tertiary/aromatic N) is 2. The average molecular weight is 236 g/mol. The van der Waals surface area contributed by atoms with Crippen LogP contribution in [-0.2, 0) is 6.54 Å². The van der Waals surface area contributed by atoms with Crippen molar-refractivity contribution < 1.29 is 0 Å². The molecule has 3 heteroatoms. The monoisotopic (exact) mass is 236 g/mol. The molecule has 0 radical (unpaired) electrons. The quantitative estimate of drug-likeness (QED) is 0.791. The molecule has 0 spiro atoms. The molecule has 1 aromatic heterocycles. The van der Waals surface area contributed by atoms with Gasteiger partial charge in [0, 0.05) is 25.5 Å². The van der Waals surface area contributed by atoms with E-state index in [1.165, 1.54) is 24.8 Å². The largest absolute Gasteiger partial charge is 0.301 e. The SMILES string of the molecule is CN(Cc1cccnc1)CC1(CS)CCC1. The minimum absolute atomic E-state index is 0.486. The number of aromatic nitrogens is 1. The zero-order valence-corrected chi connectivity index (χ0v) is 10.8. The molecule has 0 atom stereocenters. The summed E-state index contributed by atoms with van der Waals surface area (Å²) in [5.74, 6) is 1.02. The van der Waals surface area contributed by atoms with Crippen LogP contribution in [0.2, 0.25) is 0 Å². The van der Waals surface area contributed by atoms with Gasteiger partial charge < -0.3 is 4.90 Å². The first kappa shape index (κ1) is 11.9. The van der Waals surface area contributed by atoms with Gasteiger partial charge in [-0.2, -0.15) is 12.6 Å². The Hall–Kier alpha value is -0.540. The van der Waals surface area contributed by atoms with Gasteiger partial charge in [-0.15, -0.1) is 0 Å². The Balaban J connectivity index is 1.87. The van der Waals surface area contributed by atoms with Crippen molar-refractivity contribution in [3.63, 3.8) is 0 Å². The van der Waals surface area contributed by atoms with Crippen molar-refractivity contribution in [3.05, 3.63) is 30.1 Å². The van der Waals surface area contributed by atoms with Crippen LogP contribution in [0.3, 0.4) is 0 Å². The molecule has 0 bridgehead atoms. The summed E-state index contributed by atoms with van der Waals surface area (Å²) in [6, 6.07) is 4.14. The van der Waals surface area contributed by atoms with Crippen LogP contribution in [0.4, 0.5) is 0 Å². The third kappa shape index (κ3) is 2.77. The molecule has 0 N–H and O–H groups in total. The van der Waals surface area contributed by atoms with Gasteiger partial charge in [0.1, 0.15) is 0 Å². The molecule has 0 aliphatic heterocycles. The lowest BCUT2D eigenvalue weighted by Gasteiger charge is -2.43. The second kappa shape index (κ2) is 5.19. The minimum atomic E-state index is 0.486. The topological polar surface area (TPSA) is 16.1 Å². The van der Waals surface area contributed by atoms with Gasteiger partial charge in [0.15, 0.2) is 0 Å². The highest BCUT2D eigenvalue weighted by Crippen LogP contribution is 2.42. The van der Waals surface area contributed by atoms with Gasteiger partial charge in [0.2, 0.25) is 0 Å². The van der Waals surface area contributed by atoms with Crippen molar-refractivity contribution >= 4 is 12.6 Å². The van der Waals surface area contributed by atoms with Gasteiger partial charge >= 0.3 is 0 Å². The molecule has 1 heterocycles. The van der Waals surface area contributed by atoms with Crippen molar-refractivity contribution in [2.75, 3.05) is 19.3 Å². The van der Waals surface area contributed by atoms with Crippen LogP contribution in [0.25, 0.3) is 0 Å². The normalized spacial score (nSPS) is 18.4. The van der Waals surface area contributed by atoms with Gasteiger partial charge in [-0.3, -0.25) is 4.98 Å². The van der Waals surface area contributed by atoms with Crippen LogP contribution >= 0.6 is 12.6 Å². The van der Waals surface area contributed by atoms with E-state index in [0.717, 1.165) is 18.8 Å². The number of hydrogen-bond acceptors (Lipinski definition) is 3. The van der Waals surface area contributed by atoms with Gasteiger partial charge in [-0.25, -0.2) is 0 Å². The summed E-state index contributed by atoms with van der Waals surface area (Å²) in [6.07, 6.45) is 7.83. The third-order valence-corrected chi connectivity index (χ3v) is 4.20. The van der Waals surface area contributed by atoms with Gasteiger partial charge in [-0.1, -0.05) is 12.5 Å². The fourth-order valence-electron chi connectivity index (χ4n) is 2.47. The van der Waals surface area contributed by atoms with E-state index in [1.807, 2.05) is 18.5 Å². The van der Waals surface area contributed by atoms with Crippen molar-refractivity contribution in [1.29, 1.82) is 0 Å². The molecule has 88 valence electrons. The zero-order valence-electron chi connectivity index (χ0n) is 9.89. The molecule has 16 heavy (non-hydrogen) atoms. The highest BCUT2D eigenvalue weighted by molar-refractivity contribution is 7.80. The van der Waals surface area contributed by atoms with E-state index in [4.69, 9.17) is 0 Å². The van der Waals surface area contributed by atoms with Crippen LogP contribution in [0, 0.1) is 5.41 Å². The second-order valence-electron chi connectivity index (χ2n) is 5.05. The lowest BCUT2D eigenvalue weighted by molar-refractivity contribution is 0.101. The van der Waals surface area contributed by atoms with E-state index in [0.29, 0.717) is 5.41 Å². The molecule has 1 aromatic rings. The number of thiol groups is 1. The molecule has 1 aliphatic rings. The molecule has 0 saturated heterocycles. The molecule has 1 aliphatic carbocycles. The van der Waals surface area contributed by atoms with Gasteiger partial charge in [0.05, 0.1) is 0 Å². The third-order valence-electron chi connectivity index (χ3n) is 3.53. The molecule has 0 aromatic carbocycles. The predicted octanol–water partition coefficient (Wildman–Crippen LogP) is 2.61. The van der Waals surface area contributed by atoms with Gasteiger partial charge in [-0.05, 0) is 42.7 Å². The Labute approximate surface area is 103 Å². The van der Waals surface area contributed by atoms with E-state index in [1.54, 1.807) is 0 Å². The maximum Gasteiger partial charge on any atom is 0.0312 e. The van der Waals surface area contributed by atoms with E-state index >= 15 is 0 Å². The average Bonchev–Trinajstić information content (AvgIpc) is 2.25. The minimum Gasteiger partial charge on any atom is -0.301 e. The van der Waals surface area contributed by atoms with Gasteiger partial charge in [0.25, 0.3) is 0 Å². The van der Waals surface area contributed by atoms with Crippen LogP contribution in [0.15, 0.2) is 24.5 Å². The highest BCUT2D eigenvalue weighted by atomic mass is 32.1. The Morgan fingerprint density at radius 1 is 1.50 bits per heavy atom. The standard InChI is InChI=1S/C13H20N2S/c1-15(9-12-4-2-7-14-8-12)10-13(11-16)5-3-6-13/h2,4,7-8,16H,3,5-6,9-11H2,1H3. The summed E-state index contributed by atoms with van der Waals surface area (Å²) in [4.78, 5) is 6.54. The van der Waals surface area contributed by atoms with E-state index < -0.39 is 0 Å². The molecule has 0 unspecified atom stereocenters. The summed E-state index contributed by atoms with van der Waals surface area (Å²) in [6.45, 7) is 2.15. The van der Waals surface area contributed by atoms with Crippen LogP contribution < -0.4 is 0 Å². The number of rotatable bonds is 5. The first-order chi connectivity index (χ1) is 7.74. The molecule has 1 fully saturated rings. The van der Waals surface area contributed by atoms with E-state index in [-0.39, 0.29) is 0 Å². The molecule has 0 amide bonds. The van der Waals surface area contributed by atoms with Crippen molar-refractivity contribution in [3.8, 4) is 0 Å². The predicted molar refractivity (Wildman–Crippen MR) is 70.7 cm³/mol. The number of hydrogen-bond donors (Lipinski definition) is 1. The lowest BCUT2D eigenvalue weighted by atomic mass is 9.70. The van der Waals surface area contributed by atoms with Crippen LogP contribution in [0.1, 0.15) is 24.8 Å². The maximum atomic E-state index is 4.49. The zero-order chi connectivity index (χ0) is 11.4. The lowest BCUT2D eigenvalue weighted by Crippen LogP contribution is -2.42. The Morgan fingerprint density at radius 3 is 2.81 bits per heavy atom. The molecular weight excluding hydrogens is 216 g/mol. The summed E-state index contributed by atoms with van der Waals surface area (Å²) in [5, 5.41) is 0. The molecule has 1 saturated carbocycles. The molecular formula is C13H20N2S. The van der Waals surface area contributed by atoms with Crippen molar-refractivity contribution in [1.82, 2.24) is 9.88 Å². The summed E-state index contributed by atoms with van der Waals surface area (Å²) in [7, 11) is 2.19. The Bertz CT molecular complexity index is 316. The maximum absolute atomic E-state index is 4.49. The molecule has 2 rings (SSSR count). The molecule has 2 nitrogen and oxygen atoms in total. The number of pyridine rings is 1. The highest BCUT2D eigenvalue weighted by Gasteiger charge is 2.36. The van der Waals surface area contributed by atoms with E-state index in [9.17, 15) is 0 Å². The van der Waals surface area contributed by atoms with Crippen LogP contribution in [-0.4, -0.2) is 29.2 Å². The Morgan fingerprint density at radius 2 is 2.31 bits per heavy atom. The fourth-order valence-corrected chi connectivity index (χ4v) is 2.89. The summed E-state index contributed by atoms with van der Waals surface area (Å²) >= 11 is 4.49. The van der Waals surface area contributed by atoms with E-state index in [2.05, 4.69) is 35.6 Å². The van der Waals surface area contributed by atoms with Crippen molar-refractivity contribution in [2.24, 2.45) is 5.41 Å². The first-order valence-corrected chi connectivity index (χ1v) is 6.56. The summed E-state index contributed by atoms with van der Waals surface area (Å²) in [5.41, 5.74) is 1.78. The second-order valence-corrected chi connectivity index (χ2v) is 5.36. The fraction of sp³-hybridized carbons (Fsp3) is 0.615. The van der Waals surface area contributed by atoms with Crippen LogP contribution in [0.5, 0.6) is 0 Å².